The van der Waals surface area contributed by atoms with Crippen molar-refractivity contribution in [1.82, 2.24) is 10.2 Å². The number of carboxylic acid groups (broad SMARTS) is 1. The van der Waals surface area contributed by atoms with Crippen molar-refractivity contribution in [3.05, 3.63) is 0 Å². The minimum atomic E-state index is -1.03. The molecule has 3 amide bonds. The number of aliphatic carboxylic acids is 1. The molecule has 0 bridgehead atoms. The van der Waals surface area contributed by atoms with Crippen molar-refractivity contribution >= 4 is 29.7 Å². The first-order valence-corrected chi connectivity index (χ1v) is 6.56. The molecular formula is C10H17N3O4S. The van der Waals surface area contributed by atoms with Gasteiger partial charge in [0.05, 0.1) is 5.88 Å². The van der Waals surface area contributed by atoms with Gasteiger partial charge in [-0.1, -0.05) is 0 Å². The Balaban J connectivity index is 2.65. The lowest BCUT2D eigenvalue weighted by atomic mass is 10.0. The van der Waals surface area contributed by atoms with Gasteiger partial charge in [0.15, 0.2) is 0 Å². The highest BCUT2D eigenvalue weighted by Crippen LogP contribution is 2.22. The molecule has 1 heterocycles. The lowest BCUT2D eigenvalue weighted by molar-refractivity contribution is -0.140. The quantitative estimate of drug-likeness (QED) is 0.658. The molecule has 0 saturated carbocycles. The van der Waals surface area contributed by atoms with E-state index in [0.29, 0.717) is 11.6 Å². The predicted molar refractivity (Wildman–Crippen MR) is 67.0 cm³/mol. The van der Waals surface area contributed by atoms with Crippen LogP contribution in [0.5, 0.6) is 0 Å². The second kappa shape index (κ2) is 5.47. The fourth-order valence-electron chi connectivity index (χ4n) is 1.69. The van der Waals surface area contributed by atoms with Crippen LogP contribution in [0.1, 0.15) is 20.3 Å². The minimum absolute atomic E-state index is 0.00252. The first-order valence-electron chi connectivity index (χ1n) is 5.40. The Morgan fingerprint density at radius 3 is 2.61 bits per heavy atom. The van der Waals surface area contributed by atoms with Crippen LogP contribution in [-0.2, 0) is 9.59 Å². The predicted octanol–water partition coefficient (Wildman–Crippen LogP) is -0.190. The van der Waals surface area contributed by atoms with E-state index in [1.807, 2.05) is 0 Å². The molecule has 7 nitrogen and oxygen atoms in total. The van der Waals surface area contributed by atoms with Gasteiger partial charge in [-0.15, -0.1) is 11.8 Å². The molecule has 102 valence electrons. The molecule has 1 aliphatic heterocycles. The lowest BCUT2D eigenvalue weighted by Crippen LogP contribution is -2.54. The Bertz CT molecular complexity index is 372. The van der Waals surface area contributed by atoms with E-state index in [2.05, 4.69) is 5.32 Å². The summed E-state index contributed by atoms with van der Waals surface area (Å²) < 4.78 is 0. The monoisotopic (exact) mass is 275 g/mol. The highest BCUT2D eigenvalue weighted by Gasteiger charge is 2.36. The van der Waals surface area contributed by atoms with Gasteiger partial charge in [0.1, 0.15) is 6.04 Å². The summed E-state index contributed by atoms with van der Waals surface area (Å²) in [5, 5.41) is 11.6. The molecule has 1 atom stereocenters. The average molecular weight is 275 g/mol. The Morgan fingerprint density at radius 1 is 1.50 bits per heavy atom. The number of urea groups is 1. The molecular weight excluding hydrogens is 258 g/mol. The zero-order chi connectivity index (χ0) is 13.9. The maximum atomic E-state index is 11.9. The summed E-state index contributed by atoms with van der Waals surface area (Å²) in [5.74, 6) is -0.845. The number of nitrogens with zero attached hydrogens (tertiary/aromatic N) is 1. The zero-order valence-corrected chi connectivity index (χ0v) is 11.1. The topological polar surface area (TPSA) is 113 Å². The number of carbonyl (C=O) groups excluding carboxylic acids is 2. The van der Waals surface area contributed by atoms with Gasteiger partial charge in [-0.05, 0) is 13.8 Å². The number of nitrogens with one attached hydrogen (secondary N) is 1. The van der Waals surface area contributed by atoms with Crippen LogP contribution in [0.25, 0.3) is 0 Å². The molecule has 0 radical (unpaired) electrons. The van der Waals surface area contributed by atoms with Gasteiger partial charge < -0.3 is 21.1 Å². The van der Waals surface area contributed by atoms with E-state index in [1.54, 1.807) is 13.8 Å². The number of rotatable bonds is 4. The van der Waals surface area contributed by atoms with E-state index >= 15 is 0 Å². The van der Waals surface area contributed by atoms with Crippen molar-refractivity contribution in [2.45, 2.75) is 31.8 Å². The molecule has 1 fully saturated rings. The standard InChI is InChI=1S/C10H17N3O4S/c1-10(2,3-7(11)14)12-9(17)13-5-18-4-6(13)8(15)16/h6H,3-5H2,1-2H3,(H2,11,14)(H,12,17)(H,15,16). The highest BCUT2D eigenvalue weighted by atomic mass is 32.2. The van der Waals surface area contributed by atoms with Gasteiger partial charge in [0, 0.05) is 17.7 Å². The smallest absolute Gasteiger partial charge is 0.327 e. The summed E-state index contributed by atoms with van der Waals surface area (Å²) in [6.45, 7) is 3.32. The number of hydrogen-bond acceptors (Lipinski definition) is 4. The highest BCUT2D eigenvalue weighted by molar-refractivity contribution is 7.99. The van der Waals surface area contributed by atoms with Crippen molar-refractivity contribution in [3.63, 3.8) is 0 Å². The molecule has 1 rings (SSSR count). The summed E-state index contributed by atoms with van der Waals surface area (Å²) in [6, 6.07) is -1.31. The third kappa shape index (κ3) is 3.80. The third-order valence-corrected chi connectivity index (χ3v) is 3.50. The number of carbonyl (C=O) groups is 3. The molecule has 18 heavy (non-hydrogen) atoms. The van der Waals surface area contributed by atoms with Gasteiger partial charge in [-0.3, -0.25) is 4.79 Å². The van der Waals surface area contributed by atoms with Gasteiger partial charge in [0.25, 0.3) is 0 Å². The van der Waals surface area contributed by atoms with Crippen molar-refractivity contribution in [2.75, 3.05) is 11.6 Å². The maximum absolute atomic E-state index is 11.9. The largest absolute Gasteiger partial charge is 0.480 e. The Morgan fingerprint density at radius 2 is 2.11 bits per heavy atom. The van der Waals surface area contributed by atoms with Gasteiger partial charge in [-0.2, -0.15) is 0 Å². The first kappa shape index (κ1) is 14.6. The zero-order valence-electron chi connectivity index (χ0n) is 10.3. The van der Waals surface area contributed by atoms with Gasteiger partial charge >= 0.3 is 12.0 Å². The number of nitrogens with two attached hydrogens (primary N) is 1. The summed E-state index contributed by atoms with van der Waals surface area (Å²) in [6.07, 6.45) is -0.00252. The van der Waals surface area contributed by atoms with Crippen LogP contribution in [0.2, 0.25) is 0 Å². The van der Waals surface area contributed by atoms with Crippen LogP contribution in [-0.4, -0.2) is 51.1 Å². The summed E-state index contributed by atoms with van der Waals surface area (Å²) in [4.78, 5) is 35.0. The molecule has 1 aliphatic rings. The Kier molecular flexibility index (Phi) is 4.44. The Labute approximate surface area is 109 Å². The summed E-state index contributed by atoms with van der Waals surface area (Å²) in [5.41, 5.74) is 4.29. The number of hydrogen-bond donors (Lipinski definition) is 3. The number of thioether (sulfide) groups is 1. The van der Waals surface area contributed by atoms with E-state index in [0.717, 1.165) is 0 Å². The fraction of sp³-hybridized carbons (Fsp3) is 0.700. The van der Waals surface area contributed by atoms with Crippen LogP contribution in [0, 0.1) is 0 Å². The lowest BCUT2D eigenvalue weighted by Gasteiger charge is -2.29. The number of amides is 3. The number of primary amides is 1. The molecule has 0 aromatic carbocycles. The van der Waals surface area contributed by atoms with Crippen molar-refractivity contribution in [2.24, 2.45) is 5.73 Å². The SMILES string of the molecule is CC(C)(CC(N)=O)NC(=O)N1CSCC1C(=O)O. The average Bonchev–Trinajstić information content (AvgIpc) is 2.61. The second-order valence-corrected chi connectivity index (χ2v) is 5.78. The van der Waals surface area contributed by atoms with Gasteiger partial charge in [0.2, 0.25) is 5.91 Å². The van der Waals surface area contributed by atoms with Crippen LogP contribution < -0.4 is 11.1 Å². The van der Waals surface area contributed by atoms with Crippen molar-refractivity contribution in [1.29, 1.82) is 0 Å². The van der Waals surface area contributed by atoms with Crippen LogP contribution in [0.15, 0.2) is 0 Å². The molecule has 1 saturated heterocycles. The van der Waals surface area contributed by atoms with Crippen molar-refractivity contribution < 1.29 is 19.5 Å². The normalized spacial score (nSPS) is 19.7. The molecule has 1 unspecified atom stereocenters. The van der Waals surface area contributed by atoms with Crippen LogP contribution in [0.4, 0.5) is 4.79 Å². The maximum Gasteiger partial charge on any atom is 0.327 e. The minimum Gasteiger partial charge on any atom is -0.480 e. The third-order valence-electron chi connectivity index (χ3n) is 2.49. The second-order valence-electron chi connectivity index (χ2n) is 4.78. The number of carboxylic acids is 1. The van der Waals surface area contributed by atoms with Gasteiger partial charge in [-0.25, -0.2) is 9.59 Å². The van der Waals surface area contributed by atoms with E-state index < -0.39 is 29.5 Å². The first-order chi connectivity index (χ1) is 8.23. The molecule has 8 heteroatoms. The molecule has 0 aromatic rings. The molecule has 0 aliphatic carbocycles. The summed E-state index contributed by atoms with van der Waals surface area (Å²) in [7, 11) is 0. The van der Waals surface area contributed by atoms with E-state index in [9.17, 15) is 14.4 Å². The molecule has 0 aromatic heterocycles. The van der Waals surface area contributed by atoms with E-state index in [-0.39, 0.29) is 6.42 Å². The van der Waals surface area contributed by atoms with Crippen LogP contribution >= 0.6 is 11.8 Å². The van der Waals surface area contributed by atoms with E-state index in [1.165, 1.54) is 16.7 Å². The fourth-order valence-corrected chi connectivity index (χ4v) is 2.83. The molecule has 4 N–H and O–H groups in total. The molecule has 0 spiro atoms. The van der Waals surface area contributed by atoms with Crippen molar-refractivity contribution in [3.8, 4) is 0 Å². The Hall–Kier alpha value is -1.44. The summed E-state index contributed by atoms with van der Waals surface area (Å²) >= 11 is 1.38. The van der Waals surface area contributed by atoms with Crippen LogP contribution in [0.3, 0.4) is 0 Å². The van der Waals surface area contributed by atoms with E-state index in [4.69, 9.17) is 10.8 Å².